The first-order chi connectivity index (χ1) is 11.5. The van der Waals surface area contributed by atoms with Crippen LogP contribution in [-0.2, 0) is 13.0 Å². The summed E-state index contributed by atoms with van der Waals surface area (Å²) < 4.78 is 2.14. The average molecular weight is 318 g/mol. The zero-order chi connectivity index (χ0) is 17.2. The second-order valence-electron chi connectivity index (χ2n) is 6.91. The van der Waals surface area contributed by atoms with Crippen LogP contribution < -0.4 is 5.32 Å². The summed E-state index contributed by atoms with van der Waals surface area (Å²) in [4.78, 5) is 4.46. The van der Waals surface area contributed by atoms with Crippen molar-refractivity contribution in [2.75, 3.05) is 0 Å². The van der Waals surface area contributed by atoms with Crippen molar-refractivity contribution in [1.29, 1.82) is 5.26 Å². The third-order valence-corrected chi connectivity index (χ3v) is 4.21. The van der Waals surface area contributed by atoms with Gasteiger partial charge >= 0.3 is 0 Å². The van der Waals surface area contributed by atoms with Gasteiger partial charge in [0.25, 0.3) is 0 Å². The van der Waals surface area contributed by atoms with Crippen molar-refractivity contribution in [3.63, 3.8) is 0 Å². The number of nitrogens with zero attached hydrogens (tertiary/aromatic N) is 3. The Kier molecular flexibility index (Phi) is 4.37. The molecule has 24 heavy (non-hydrogen) atoms. The molecule has 2 heterocycles. The number of aryl methyl sites for hydroxylation is 1. The van der Waals surface area contributed by atoms with E-state index < -0.39 is 0 Å². The van der Waals surface area contributed by atoms with Crippen molar-refractivity contribution in [3.8, 4) is 6.07 Å². The number of hydrogen-bond acceptors (Lipinski definition) is 3. The fourth-order valence-electron chi connectivity index (χ4n) is 2.87. The topological polar surface area (TPSA) is 53.1 Å². The normalized spacial score (nSPS) is 11.6. The highest BCUT2D eigenvalue weighted by Gasteiger charge is 2.18. The van der Waals surface area contributed by atoms with E-state index in [1.54, 1.807) is 0 Å². The van der Waals surface area contributed by atoms with Gasteiger partial charge in [-0.25, -0.2) is 4.98 Å². The molecule has 0 saturated carbocycles. The quantitative estimate of drug-likeness (QED) is 0.781. The number of rotatable bonds is 5. The van der Waals surface area contributed by atoms with Crippen LogP contribution in [0.3, 0.4) is 0 Å². The second kappa shape index (κ2) is 6.46. The molecule has 2 aromatic heterocycles. The minimum Gasteiger partial charge on any atom is -0.306 e. The number of nitrogens with one attached hydrogen (secondary N) is 1. The lowest BCUT2D eigenvalue weighted by Crippen LogP contribution is -2.41. The van der Waals surface area contributed by atoms with Gasteiger partial charge in [0.15, 0.2) is 0 Å². The maximum Gasteiger partial charge on any atom is 0.136 e. The van der Waals surface area contributed by atoms with E-state index in [0.717, 1.165) is 24.3 Å². The smallest absolute Gasteiger partial charge is 0.136 e. The molecule has 4 nitrogen and oxygen atoms in total. The summed E-state index contributed by atoms with van der Waals surface area (Å²) in [5, 5.41) is 12.5. The Morgan fingerprint density at radius 3 is 2.62 bits per heavy atom. The Morgan fingerprint density at radius 2 is 1.92 bits per heavy atom. The van der Waals surface area contributed by atoms with Crippen LogP contribution in [0, 0.1) is 18.3 Å². The van der Waals surface area contributed by atoms with Crippen LogP contribution >= 0.6 is 0 Å². The summed E-state index contributed by atoms with van der Waals surface area (Å²) in [7, 11) is 0. The maximum atomic E-state index is 8.89. The lowest BCUT2D eigenvalue weighted by molar-refractivity contribution is 0.381. The molecule has 0 aliphatic rings. The van der Waals surface area contributed by atoms with Gasteiger partial charge < -0.3 is 9.72 Å². The van der Waals surface area contributed by atoms with Crippen molar-refractivity contribution in [3.05, 3.63) is 71.2 Å². The van der Waals surface area contributed by atoms with E-state index in [9.17, 15) is 0 Å². The van der Waals surface area contributed by atoms with Gasteiger partial charge in [-0.2, -0.15) is 5.26 Å². The molecule has 122 valence electrons. The van der Waals surface area contributed by atoms with Crippen molar-refractivity contribution >= 4 is 5.65 Å². The monoisotopic (exact) mass is 318 g/mol. The van der Waals surface area contributed by atoms with Crippen molar-refractivity contribution in [2.45, 2.75) is 39.3 Å². The van der Waals surface area contributed by atoms with Crippen molar-refractivity contribution in [1.82, 2.24) is 14.7 Å². The molecule has 1 N–H and O–H groups in total. The first-order valence-corrected chi connectivity index (χ1v) is 8.13. The molecule has 4 heteroatoms. The van der Waals surface area contributed by atoms with Crippen LogP contribution in [0.15, 0.2) is 48.8 Å². The van der Waals surface area contributed by atoms with Crippen LogP contribution in [0.1, 0.15) is 36.2 Å². The predicted molar refractivity (Wildman–Crippen MR) is 95.7 cm³/mol. The van der Waals surface area contributed by atoms with E-state index in [-0.39, 0.29) is 5.54 Å². The third-order valence-electron chi connectivity index (χ3n) is 4.21. The number of pyridine rings is 1. The van der Waals surface area contributed by atoms with E-state index >= 15 is 0 Å². The van der Waals surface area contributed by atoms with Gasteiger partial charge in [-0.1, -0.05) is 18.2 Å². The summed E-state index contributed by atoms with van der Waals surface area (Å²) in [6, 6.07) is 14.1. The molecular weight excluding hydrogens is 296 g/mol. The molecule has 0 aliphatic heterocycles. The van der Waals surface area contributed by atoms with Gasteiger partial charge in [-0.05, 0) is 56.5 Å². The first-order valence-electron chi connectivity index (χ1n) is 8.13. The minimum atomic E-state index is -0.0534. The van der Waals surface area contributed by atoms with Crippen LogP contribution in [0.4, 0.5) is 0 Å². The van der Waals surface area contributed by atoms with E-state index in [1.165, 1.54) is 11.1 Å². The lowest BCUT2D eigenvalue weighted by atomic mass is 9.94. The Labute approximate surface area is 142 Å². The van der Waals surface area contributed by atoms with Gasteiger partial charge in [-0.15, -0.1) is 0 Å². The third kappa shape index (κ3) is 3.64. The van der Waals surface area contributed by atoms with Crippen LogP contribution in [0.25, 0.3) is 5.65 Å². The molecule has 0 aliphatic carbocycles. The predicted octanol–water partition coefficient (Wildman–Crippen LogP) is 3.63. The SMILES string of the molecule is Cc1ccc2ncc(CNC(C)(C)Cc3ccc(C#N)cc3)n2c1. The van der Waals surface area contributed by atoms with Crippen LogP contribution in [0.5, 0.6) is 0 Å². The highest BCUT2D eigenvalue weighted by atomic mass is 15.0. The molecule has 0 fully saturated rings. The molecule has 0 spiro atoms. The minimum absolute atomic E-state index is 0.0534. The van der Waals surface area contributed by atoms with E-state index in [1.807, 2.05) is 36.5 Å². The molecule has 0 atom stereocenters. The van der Waals surface area contributed by atoms with Crippen LogP contribution in [0.2, 0.25) is 0 Å². The second-order valence-corrected chi connectivity index (χ2v) is 6.91. The van der Waals surface area contributed by atoms with Crippen molar-refractivity contribution in [2.24, 2.45) is 0 Å². The van der Waals surface area contributed by atoms with Crippen LogP contribution in [-0.4, -0.2) is 14.9 Å². The molecule has 0 bridgehead atoms. The molecule has 0 unspecified atom stereocenters. The zero-order valence-electron chi connectivity index (χ0n) is 14.4. The molecule has 0 amide bonds. The Hall–Kier alpha value is -2.64. The highest BCUT2D eigenvalue weighted by Crippen LogP contribution is 2.15. The van der Waals surface area contributed by atoms with Gasteiger partial charge in [-0.3, -0.25) is 0 Å². The fourth-order valence-corrected chi connectivity index (χ4v) is 2.87. The van der Waals surface area contributed by atoms with Gasteiger partial charge in [0.1, 0.15) is 5.65 Å². The number of aromatic nitrogens is 2. The lowest BCUT2D eigenvalue weighted by Gasteiger charge is -2.26. The zero-order valence-corrected chi connectivity index (χ0v) is 14.4. The Bertz CT molecular complexity index is 882. The number of hydrogen-bond donors (Lipinski definition) is 1. The van der Waals surface area contributed by atoms with Crippen molar-refractivity contribution < 1.29 is 0 Å². The molecular formula is C20H22N4. The van der Waals surface area contributed by atoms with Gasteiger partial charge in [0.2, 0.25) is 0 Å². The number of imidazole rings is 1. The number of nitriles is 1. The van der Waals surface area contributed by atoms with Gasteiger partial charge in [0, 0.05) is 18.3 Å². The van der Waals surface area contributed by atoms with E-state index in [4.69, 9.17) is 5.26 Å². The molecule has 0 radical (unpaired) electrons. The standard InChI is InChI=1S/C20H22N4/c1-15-4-9-19-22-12-18(24(19)14-15)13-23-20(2,3)10-16-5-7-17(11-21)8-6-16/h4-9,12,14,23H,10,13H2,1-3H3. The summed E-state index contributed by atoms with van der Waals surface area (Å²) >= 11 is 0. The highest BCUT2D eigenvalue weighted by molar-refractivity contribution is 5.41. The van der Waals surface area contributed by atoms with E-state index in [0.29, 0.717) is 5.56 Å². The Morgan fingerprint density at radius 1 is 1.17 bits per heavy atom. The summed E-state index contributed by atoms with van der Waals surface area (Å²) in [6.45, 7) is 7.23. The average Bonchev–Trinajstić information content (AvgIpc) is 2.96. The fraction of sp³-hybridized carbons (Fsp3) is 0.300. The largest absolute Gasteiger partial charge is 0.306 e. The molecule has 1 aromatic carbocycles. The molecule has 3 rings (SSSR count). The summed E-state index contributed by atoms with van der Waals surface area (Å²) in [5.41, 5.74) is 5.22. The number of fused-ring (bicyclic) bond motifs is 1. The first kappa shape index (κ1) is 16.2. The number of benzene rings is 1. The van der Waals surface area contributed by atoms with E-state index in [2.05, 4.69) is 53.8 Å². The molecule has 3 aromatic rings. The molecule has 0 saturated heterocycles. The Balaban J connectivity index is 1.69. The maximum absolute atomic E-state index is 8.89. The van der Waals surface area contributed by atoms with Gasteiger partial charge in [0.05, 0.1) is 23.5 Å². The summed E-state index contributed by atoms with van der Waals surface area (Å²) in [5.74, 6) is 0. The summed E-state index contributed by atoms with van der Waals surface area (Å²) in [6.07, 6.45) is 4.95.